The SMILES string of the molecule is Cc1ccc(C)c(Nc2cccc(C(N)=S)n2)c1. The van der Waals surface area contributed by atoms with Gasteiger partial charge in [0, 0.05) is 5.69 Å². The molecule has 2 aromatic rings. The van der Waals surface area contributed by atoms with Crippen LogP contribution in [0.4, 0.5) is 11.5 Å². The van der Waals surface area contributed by atoms with E-state index in [1.54, 1.807) is 6.07 Å². The molecule has 0 fully saturated rings. The molecule has 1 aromatic heterocycles. The van der Waals surface area contributed by atoms with Gasteiger partial charge in [-0.05, 0) is 43.2 Å². The fourth-order valence-corrected chi connectivity index (χ4v) is 1.76. The highest BCUT2D eigenvalue weighted by Crippen LogP contribution is 2.20. The number of nitrogens with zero attached hydrogens (tertiary/aromatic N) is 1. The molecular weight excluding hydrogens is 242 g/mol. The van der Waals surface area contributed by atoms with Gasteiger partial charge in [-0.15, -0.1) is 0 Å². The highest BCUT2D eigenvalue weighted by molar-refractivity contribution is 7.80. The first-order valence-electron chi connectivity index (χ1n) is 5.67. The Kier molecular flexibility index (Phi) is 3.58. The number of aryl methyl sites for hydroxylation is 2. The summed E-state index contributed by atoms with van der Waals surface area (Å²) in [6.07, 6.45) is 0. The first kappa shape index (κ1) is 12.5. The van der Waals surface area contributed by atoms with Crippen molar-refractivity contribution in [1.82, 2.24) is 4.98 Å². The molecule has 0 atom stereocenters. The van der Waals surface area contributed by atoms with Crippen LogP contribution in [0.25, 0.3) is 0 Å². The van der Waals surface area contributed by atoms with Crippen molar-refractivity contribution in [3.63, 3.8) is 0 Å². The molecule has 0 aliphatic carbocycles. The molecule has 2 rings (SSSR count). The van der Waals surface area contributed by atoms with E-state index < -0.39 is 0 Å². The molecule has 0 radical (unpaired) electrons. The minimum atomic E-state index is 0.305. The van der Waals surface area contributed by atoms with Gasteiger partial charge in [-0.2, -0.15) is 0 Å². The molecule has 0 bridgehead atoms. The largest absolute Gasteiger partial charge is 0.388 e. The zero-order valence-electron chi connectivity index (χ0n) is 10.4. The van der Waals surface area contributed by atoms with Crippen LogP contribution in [0, 0.1) is 13.8 Å². The number of pyridine rings is 1. The predicted molar refractivity (Wildman–Crippen MR) is 79.3 cm³/mol. The fraction of sp³-hybridized carbons (Fsp3) is 0.143. The number of hydrogen-bond donors (Lipinski definition) is 2. The Labute approximate surface area is 112 Å². The summed E-state index contributed by atoms with van der Waals surface area (Å²) in [6.45, 7) is 4.11. The van der Waals surface area contributed by atoms with Crippen LogP contribution in [-0.4, -0.2) is 9.97 Å². The van der Waals surface area contributed by atoms with E-state index in [1.165, 1.54) is 11.1 Å². The Bertz CT molecular complexity index is 593. The zero-order chi connectivity index (χ0) is 13.1. The number of benzene rings is 1. The molecule has 0 saturated carbocycles. The summed E-state index contributed by atoms with van der Waals surface area (Å²) < 4.78 is 0. The molecule has 92 valence electrons. The number of anilines is 2. The summed E-state index contributed by atoms with van der Waals surface area (Å²) in [6, 6.07) is 11.8. The molecule has 0 spiro atoms. The topological polar surface area (TPSA) is 50.9 Å². The van der Waals surface area contributed by atoms with Crippen LogP contribution in [0.5, 0.6) is 0 Å². The molecule has 0 unspecified atom stereocenters. The molecular formula is C14H15N3S. The second-order valence-electron chi connectivity index (χ2n) is 4.22. The average Bonchev–Trinajstić information content (AvgIpc) is 2.34. The highest BCUT2D eigenvalue weighted by Gasteiger charge is 2.03. The van der Waals surface area contributed by atoms with Crippen LogP contribution in [-0.2, 0) is 0 Å². The summed E-state index contributed by atoms with van der Waals surface area (Å²) in [5.41, 5.74) is 9.61. The maximum absolute atomic E-state index is 5.57. The van der Waals surface area contributed by atoms with Crippen molar-refractivity contribution in [2.45, 2.75) is 13.8 Å². The number of nitrogens with two attached hydrogens (primary N) is 1. The number of rotatable bonds is 3. The Morgan fingerprint density at radius 3 is 2.72 bits per heavy atom. The van der Waals surface area contributed by atoms with Gasteiger partial charge in [0.2, 0.25) is 0 Å². The average molecular weight is 257 g/mol. The lowest BCUT2D eigenvalue weighted by atomic mass is 10.1. The first-order chi connectivity index (χ1) is 8.56. The van der Waals surface area contributed by atoms with Crippen molar-refractivity contribution in [3.05, 3.63) is 53.2 Å². The Morgan fingerprint density at radius 2 is 2.00 bits per heavy atom. The molecule has 3 nitrogen and oxygen atoms in total. The van der Waals surface area contributed by atoms with Crippen LogP contribution >= 0.6 is 12.2 Å². The molecule has 3 N–H and O–H groups in total. The summed E-state index contributed by atoms with van der Waals surface area (Å²) >= 11 is 4.92. The minimum Gasteiger partial charge on any atom is -0.388 e. The van der Waals surface area contributed by atoms with Gasteiger partial charge >= 0.3 is 0 Å². The van der Waals surface area contributed by atoms with E-state index in [4.69, 9.17) is 18.0 Å². The standard InChI is InChI=1S/C14H15N3S/c1-9-6-7-10(2)12(8-9)17-13-5-3-4-11(16-13)14(15)18/h3-8H,1-2H3,(H2,15,18)(H,16,17). The fourth-order valence-electron chi connectivity index (χ4n) is 1.65. The molecule has 18 heavy (non-hydrogen) atoms. The number of hydrogen-bond acceptors (Lipinski definition) is 3. The van der Waals surface area contributed by atoms with E-state index in [1.807, 2.05) is 12.1 Å². The third-order valence-corrected chi connectivity index (χ3v) is 2.87. The Morgan fingerprint density at radius 1 is 1.22 bits per heavy atom. The number of nitrogens with one attached hydrogen (secondary N) is 1. The lowest BCUT2D eigenvalue weighted by Gasteiger charge is -2.10. The first-order valence-corrected chi connectivity index (χ1v) is 6.08. The van der Waals surface area contributed by atoms with Crippen LogP contribution < -0.4 is 11.1 Å². The van der Waals surface area contributed by atoms with Gasteiger partial charge in [-0.3, -0.25) is 0 Å². The summed E-state index contributed by atoms with van der Waals surface area (Å²) in [4.78, 5) is 4.67. The van der Waals surface area contributed by atoms with Crippen LogP contribution in [0.1, 0.15) is 16.8 Å². The normalized spacial score (nSPS) is 10.1. The number of thiocarbonyl (C=S) groups is 1. The van der Waals surface area contributed by atoms with Crippen LogP contribution in [0.2, 0.25) is 0 Å². The molecule has 1 aromatic carbocycles. The van der Waals surface area contributed by atoms with Gasteiger partial charge in [0.05, 0.1) is 5.69 Å². The third-order valence-electron chi connectivity index (χ3n) is 2.66. The van der Waals surface area contributed by atoms with E-state index in [2.05, 4.69) is 42.3 Å². The van der Waals surface area contributed by atoms with E-state index in [0.29, 0.717) is 10.7 Å². The molecule has 0 amide bonds. The van der Waals surface area contributed by atoms with Gasteiger partial charge < -0.3 is 11.1 Å². The molecule has 0 aliphatic heterocycles. The second kappa shape index (κ2) is 5.14. The lowest BCUT2D eigenvalue weighted by molar-refractivity contribution is 1.26. The van der Waals surface area contributed by atoms with E-state index in [0.717, 1.165) is 11.5 Å². The van der Waals surface area contributed by atoms with Gasteiger partial charge in [0.1, 0.15) is 10.8 Å². The van der Waals surface area contributed by atoms with Crippen molar-refractivity contribution in [3.8, 4) is 0 Å². The Balaban J connectivity index is 2.31. The monoisotopic (exact) mass is 257 g/mol. The summed E-state index contributed by atoms with van der Waals surface area (Å²) in [5.74, 6) is 0.744. The second-order valence-corrected chi connectivity index (χ2v) is 4.66. The van der Waals surface area contributed by atoms with Crippen molar-refractivity contribution >= 4 is 28.7 Å². The van der Waals surface area contributed by atoms with E-state index >= 15 is 0 Å². The zero-order valence-corrected chi connectivity index (χ0v) is 11.2. The van der Waals surface area contributed by atoms with E-state index in [-0.39, 0.29) is 0 Å². The molecule has 1 heterocycles. The maximum atomic E-state index is 5.57. The maximum Gasteiger partial charge on any atom is 0.131 e. The van der Waals surface area contributed by atoms with Gasteiger partial charge in [-0.1, -0.05) is 30.4 Å². The lowest BCUT2D eigenvalue weighted by Crippen LogP contribution is -2.12. The van der Waals surface area contributed by atoms with E-state index in [9.17, 15) is 0 Å². The molecule has 0 aliphatic rings. The van der Waals surface area contributed by atoms with Gasteiger partial charge in [0.15, 0.2) is 0 Å². The molecule has 4 heteroatoms. The van der Waals surface area contributed by atoms with Crippen molar-refractivity contribution < 1.29 is 0 Å². The smallest absolute Gasteiger partial charge is 0.131 e. The van der Waals surface area contributed by atoms with Crippen LogP contribution in [0.3, 0.4) is 0 Å². The van der Waals surface area contributed by atoms with Gasteiger partial charge in [0.25, 0.3) is 0 Å². The quantitative estimate of drug-likeness (QED) is 0.830. The highest BCUT2D eigenvalue weighted by atomic mass is 32.1. The van der Waals surface area contributed by atoms with Gasteiger partial charge in [-0.25, -0.2) is 4.98 Å². The summed E-state index contributed by atoms with van der Waals surface area (Å²) in [7, 11) is 0. The summed E-state index contributed by atoms with van der Waals surface area (Å²) in [5, 5.41) is 3.28. The van der Waals surface area contributed by atoms with Crippen LogP contribution in [0.15, 0.2) is 36.4 Å². The Hall–Kier alpha value is -1.94. The van der Waals surface area contributed by atoms with Crippen molar-refractivity contribution in [1.29, 1.82) is 0 Å². The number of aromatic nitrogens is 1. The predicted octanol–water partition coefficient (Wildman–Crippen LogP) is 3.08. The minimum absolute atomic E-state index is 0.305. The third kappa shape index (κ3) is 2.84. The molecule has 0 saturated heterocycles. The van der Waals surface area contributed by atoms with Crippen molar-refractivity contribution in [2.75, 3.05) is 5.32 Å². The van der Waals surface area contributed by atoms with Crippen molar-refractivity contribution in [2.24, 2.45) is 5.73 Å².